The van der Waals surface area contributed by atoms with E-state index in [0.29, 0.717) is 12.8 Å². The van der Waals surface area contributed by atoms with Gasteiger partial charge in [0.15, 0.2) is 11.1 Å². The maximum absolute atomic E-state index is 11.5. The lowest BCUT2D eigenvalue weighted by Gasteiger charge is -2.30. The number of rotatable bonds is 17. The molecule has 10 heteroatoms. The molecule has 0 aromatic carbocycles. The SMILES string of the molecule is C[N+](C)(CCCCCC[N+](C)(C)CCCOC(=O)C(=C=N)C#N)CCCOC(=O)C(=C=N)C#N. The Kier molecular flexibility index (Phi) is 14.8. The number of carbonyl (C=O) groups excluding carboxylic acids is 2. The summed E-state index contributed by atoms with van der Waals surface area (Å²) in [4.78, 5) is 23.0. The smallest absolute Gasteiger partial charge is 0.358 e. The molecule has 0 heterocycles. The molecular weight excluding hydrogens is 436 g/mol. The van der Waals surface area contributed by atoms with E-state index in [1.165, 1.54) is 0 Å². The zero-order valence-corrected chi connectivity index (χ0v) is 20.9. The first-order valence-corrected chi connectivity index (χ1v) is 11.4. The normalized spacial score (nSPS) is 10.8. The predicted octanol–water partition coefficient (Wildman–Crippen LogP) is 1.96. The maximum Gasteiger partial charge on any atom is 0.358 e. The maximum atomic E-state index is 11.5. The van der Waals surface area contributed by atoms with Crippen LogP contribution in [-0.4, -0.2) is 100 Å². The molecule has 34 heavy (non-hydrogen) atoms. The van der Waals surface area contributed by atoms with Crippen LogP contribution in [0, 0.1) is 33.5 Å². The van der Waals surface area contributed by atoms with E-state index in [1.54, 1.807) is 23.9 Å². The van der Waals surface area contributed by atoms with Crippen molar-refractivity contribution in [3.8, 4) is 12.1 Å². The molecule has 0 aliphatic carbocycles. The van der Waals surface area contributed by atoms with E-state index >= 15 is 0 Å². The Morgan fingerprint density at radius 3 is 1.26 bits per heavy atom. The number of nitrogens with zero attached hydrogens (tertiary/aromatic N) is 4. The molecule has 10 nitrogen and oxygen atoms in total. The quantitative estimate of drug-likeness (QED) is 0.0822. The van der Waals surface area contributed by atoms with Crippen LogP contribution in [0.25, 0.3) is 0 Å². The van der Waals surface area contributed by atoms with Gasteiger partial charge in [-0.3, -0.25) is 10.8 Å². The van der Waals surface area contributed by atoms with Gasteiger partial charge in [0.25, 0.3) is 0 Å². The molecule has 0 atom stereocenters. The van der Waals surface area contributed by atoms with Gasteiger partial charge in [-0.15, -0.1) is 0 Å². The monoisotopic (exact) mass is 474 g/mol. The number of quaternary nitrogens is 2. The number of nitriles is 2. The van der Waals surface area contributed by atoms with Crippen molar-refractivity contribution in [2.24, 2.45) is 0 Å². The van der Waals surface area contributed by atoms with E-state index in [2.05, 4.69) is 28.2 Å². The van der Waals surface area contributed by atoms with Crippen LogP contribution in [0.5, 0.6) is 0 Å². The van der Waals surface area contributed by atoms with Gasteiger partial charge in [0.1, 0.15) is 12.1 Å². The van der Waals surface area contributed by atoms with Crippen molar-refractivity contribution in [3.05, 3.63) is 11.1 Å². The van der Waals surface area contributed by atoms with Crippen LogP contribution in [-0.2, 0) is 19.1 Å². The van der Waals surface area contributed by atoms with E-state index in [9.17, 15) is 9.59 Å². The Balaban J connectivity index is 3.96. The fraction of sp³-hybridized carbons (Fsp3) is 0.667. The molecule has 0 bridgehead atoms. The van der Waals surface area contributed by atoms with Gasteiger partial charge in [0.05, 0.1) is 67.6 Å². The van der Waals surface area contributed by atoms with Gasteiger partial charge in [-0.25, -0.2) is 9.59 Å². The standard InChI is InChI=1S/C24H38N6O4/c1-29(2,13-9-15-33-23(31)21(17-25)18-26)11-7-5-6-8-12-30(3,4)14-10-16-34-24(32)22(19-27)20-28/h25,27H,5-16H2,1-4H3/q+2. The third kappa shape index (κ3) is 14.0. The van der Waals surface area contributed by atoms with E-state index in [4.69, 9.17) is 30.8 Å². The van der Waals surface area contributed by atoms with Gasteiger partial charge in [0.2, 0.25) is 0 Å². The highest BCUT2D eigenvalue weighted by atomic mass is 16.5. The molecule has 0 aliphatic rings. The molecule has 0 saturated heterocycles. The molecule has 0 rings (SSSR count). The Bertz CT molecular complexity index is 797. The highest BCUT2D eigenvalue weighted by Gasteiger charge is 2.18. The minimum absolute atomic E-state index is 0.221. The van der Waals surface area contributed by atoms with Crippen molar-refractivity contribution in [2.45, 2.75) is 38.5 Å². The summed E-state index contributed by atoms with van der Waals surface area (Å²) in [7, 11) is 8.57. The van der Waals surface area contributed by atoms with Crippen LogP contribution in [0.4, 0.5) is 0 Å². The van der Waals surface area contributed by atoms with Crippen molar-refractivity contribution < 1.29 is 28.0 Å². The molecule has 0 aromatic heterocycles. The first-order chi connectivity index (χ1) is 16.0. The molecule has 0 amide bonds. The number of hydrogen-bond acceptors (Lipinski definition) is 8. The van der Waals surface area contributed by atoms with Crippen LogP contribution >= 0.6 is 0 Å². The van der Waals surface area contributed by atoms with Crippen molar-refractivity contribution in [2.75, 3.05) is 67.6 Å². The van der Waals surface area contributed by atoms with E-state index < -0.39 is 23.1 Å². The van der Waals surface area contributed by atoms with Crippen LogP contribution < -0.4 is 0 Å². The third-order valence-electron chi connectivity index (χ3n) is 5.44. The largest absolute Gasteiger partial charge is 0.461 e. The number of carbonyl (C=O) groups is 2. The zero-order chi connectivity index (χ0) is 26.0. The second-order valence-corrected chi connectivity index (χ2v) is 9.38. The Hall–Kier alpha value is -3.26. The summed E-state index contributed by atoms with van der Waals surface area (Å²) in [6.07, 6.45) is 5.85. The molecule has 0 aromatic rings. The van der Waals surface area contributed by atoms with Gasteiger partial charge in [-0.2, -0.15) is 10.5 Å². The van der Waals surface area contributed by atoms with Crippen molar-refractivity contribution in [1.82, 2.24) is 0 Å². The molecule has 0 aliphatic heterocycles. The first-order valence-electron chi connectivity index (χ1n) is 11.4. The van der Waals surface area contributed by atoms with Gasteiger partial charge in [-0.05, 0) is 25.7 Å². The molecule has 0 radical (unpaired) electrons. The molecular formula is C24H38N6O4+2. The highest BCUT2D eigenvalue weighted by molar-refractivity contribution is 6.01. The molecule has 0 unspecified atom stereocenters. The average molecular weight is 475 g/mol. The second kappa shape index (κ2) is 16.4. The lowest BCUT2D eigenvalue weighted by Crippen LogP contribution is -2.42. The summed E-state index contributed by atoms with van der Waals surface area (Å²) in [5, 5.41) is 31.1. The minimum Gasteiger partial charge on any atom is -0.461 e. The van der Waals surface area contributed by atoms with Gasteiger partial charge in [-0.1, -0.05) is 0 Å². The molecule has 0 saturated carbocycles. The highest BCUT2D eigenvalue weighted by Crippen LogP contribution is 2.10. The molecule has 2 N–H and O–H groups in total. The summed E-state index contributed by atoms with van der Waals surface area (Å²) in [6, 6.07) is 3.18. The number of ether oxygens (including phenoxy) is 2. The van der Waals surface area contributed by atoms with Crippen LogP contribution in [0.15, 0.2) is 11.1 Å². The number of unbranched alkanes of at least 4 members (excludes halogenated alkanes) is 3. The van der Waals surface area contributed by atoms with Gasteiger partial charge < -0.3 is 18.4 Å². The fourth-order valence-corrected chi connectivity index (χ4v) is 3.37. The summed E-state index contributed by atoms with van der Waals surface area (Å²) < 4.78 is 11.6. The third-order valence-corrected chi connectivity index (χ3v) is 5.44. The number of hydrogen-bond donors (Lipinski definition) is 2. The molecule has 0 spiro atoms. The fourth-order valence-electron chi connectivity index (χ4n) is 3.37. The van der Waals surface area contributed by atoms with Crippen molar-refractivity contribution in [1.29, 1.82) is 21.3 Å². The number of nitrogens with one attached hydrogen (secondary N) is 2. The molecule has 0 fully saturated rings. The van der Waals surface area contributed by atoms with Crippen LogP contribution in [0.2, 0.25) is 0 Å². The predicted molar refractivity (Wildman–Crippen MR) is 127 cm³/mol. The van der Waals surface area contributed by atoms with Crippen molar-refractivity contribution in [3.63, 3.8) is 0 Å². The average Bonchev–Trinajstić information content (AvgIpc) is 2.78. The summed E-state index contributed by atoms with van der Waals surface area (Å²) in [5.41, 5.74) is -0.825. The Morgan fingerprint density at radius 2 is 0.971 bits per heavy atom. The van der Waals surface area contributed by atoms with E-state index in [1.807, 2.05) is 0 Å². The van der Waals surface area contributed by atoms with Crippen LogP contribution in [0.1, 0.15) is 38.5 Å². The Morgan fingerprint density at radius 1 is 0.647 bits per heavy atom. The van der Waals surface area contributed by atoms with Gasteiger partial charge >= 0.3 is 11.9 Å². The zero-order valence-electron chi connectivity index (χ0n) is 20.9. The Labute approximate surface area is 202 Å². The molecule has 186 valence electrons. The van der Waals surface area contributed by atoms with Gasteiger partial charge in [0, 0.05) is 24.6 Å². The van der Waals surface area contributed by atoms with Crippen molar-refractivity contribution >= 4 is 23.7 Å². The summed E-state index contributed by atoms with van der Waals surface area (Å²) in [5.74, 6) is 1.97. The second-order valence-electron chi connectivity index (χ2n) is 9.38. The number of esters is 2. The summed E-state index contributed by atoms with van der Waals surface area (Å²) in [6.45, 7) is 4.19. The lowest BCUT2D eigenvalue weighted by atomic mass is 10.1. The summed E-state index contributed by atoms with van der Waals surface area (Å²) >= 11 is 0. The van der Waals surface area contributed by atoms with E-state index in [-0.39, 0.29) is 13.2 Å². The van der Waals surface area contributed by atoms with E-state index in [0.717, 1.165) is 60.8 Å². The lowest BCUT2D eigenvalue weighted by molar-refractivity contribution is -0.891. The topological polar surface area (TPSA) is 148 Å². The first kappa shape index (κ1) is 30.7. The van der Waals surface area contributed by atoms with Crippen LogP contribution in [0.3, 0.4) is 0 Å². The minimum atomic E-state index is -0.793.